The van der Waals surface area contributed by atoms with Crippen molar-refractivity contribution in [3.05, 3.63) is 29.6 Å². The fourth-order valence-corrected chi connectivity index (χ4v) is 2.86. The third-order valence-corrected chi connectivity index (χ3v) is 4.01. The van der Waals surface area contributed by atoms with Gasteiger partial charge in [0.15, 0.2) is 0 Å². The number of amides is 1. The van der Waals surface area contributed by atoms with E-state index in [0.717, 1.165) is 12.1 Å². The molecule has 2 atom stereocenters. The first-order chi connectivity index (χ1) is 10.1. The van der Waals surface area contributed by atoms with Crippen molar-refractivity contribution in [1.29, 1.82) is 0 Å². The van der Waals surface area contributed by atoms with E-state index >= 15 is 0 Å². The second-order valence-electron chi connectivity index (χ2n) is 5.40. The molecule has 0 saturated carbocycles. The molecule has 0 spiro atoms. The topological polar surface area (TPSA) is 44.4 Å². The van der Waals surface area contributed by atoms with Crippen LogP contribution in [0, 0.1) is 5.82 Å². The van der Waals surface area contributed by atoms with Crippen LogP contribution >= 0.6 is 0 Å². The number of carbonyl (C=O) groups excluding carboxylic acids is 1. The first kappa shape index (κ1) is 15.8. The molecule has 1 heterocycles. The van der Waals surface area contributed by atoms with E-state index in [0.29, 0.717) is 25.2 Å². The number of hydrogen-bond acceptors (Lipinski definition) is 3. The Kier molecular flexibility index (Phi) is 5.17. The fourth-order valence-electron chi connectivity index (χ4n) is 2.86. The van der Waals surface area contributed by atoms with Gasteiger partial charge < -0.3 is 15.5 Å². The average molecular weight is 293 g/mol. The molecule has 0 radical (unpaired) electrons. The fraction of sp³-hybridized carbons (Fsp3) is 0.562. The van der Waals surface area contributed by atoms with Crippen molar-refractivity contribution in [2.75, 3.05) is 24.5 Å². The van der Waals surface area contributed by atoms with Crippen molar-refractivity contribution in [1.82, 2.24) is 10.6 Å². The van der Waals surface area contributed by atoms with Crippen molar-refractivity contribution in [3.63, 3.8) is 0 Å². The summed E-state index contributed by atoms with van der Waals surface area (Å²) in [7, 11) is 0. The van der Waals surface area contributed by atoms with Crippen LogP contribution in [0.2, 0.25) is 0 Å². The standard InChI is InChI=1S/C16H24FN3O/c1-4-14-16(21)19-8-9-20(14)15-7-6-12(10-13(15)17)11(3)18-5-2/h6-7,10-11,14,18H,4-5,8-9H2,1-3H3,(H,19,21). The lowest BCUT2D eigenvalue weighted by atomic mass is 10.0. The van der Waals surface area contributed by atoms with Crippen LogP contribution in [-0.4, -0.2) is 31.6 Å². The van der Waals surface area contributed by atoms with E-state index < -0.39 is 0 Å². The van der Waals surface area contributed by atoms with E-state index in [1.54, 1.807) is 12.1 Å². The summed E-state index contributed by atoms with van der Waals surface area (Å²) in [6.45, 7) is 8.03. The molecule has 0 bridgehead atoms. The lowest BCUT2D eigenvalue weighted by Crippen LogP contribution is -2.55. The Morgan fingerprint density at radius 2 is 2.24 bits per heavy atom. The summed E-state index contributed by atoms with van der Waals surface area (Å²) >= 11 is 0. The summed E-state index contributed by atoms with van der Waals surface area (Å²) in [5, 5.41) is 6.11. The molecule has 1 aliphatic rings. The van der Waals surface area contributed by atoms with Crippen molar-refractivity contribution in [3.8, 4) is 0 Å². The second kappa shape index (κ2) is 6.89. The average Bonchev–Trinajstić information content (AvgIpc) is 2.47. The van der Waals surface area contributed by atoms with Crippen LogP contribution in [0.3, 0.4) is 0 Å². The van der Waals surface area contributed by atoms with Gasteiger partial charge in [-0.15, -0.1) is 0 Å². The normalized spacial score (nSPS) is 20.3. The monoisotopic (exact) mass is 293 g/mol. The highest BCUT2D eigenvalue weighted by Gasteiger charge is 2.29. The maximum atomic E-state index is 14.5. The summed E-state index contributed by atoms with van der Waals surface area (Å²) in [5.74, 6) is -0.279. The predicted molar refractivity (Wildman–Crippen MR) is 82.9 cm³/mol. The molecule has 1 amide bonds. The minimum Gasteiger partial charge on any atom is -0.355 e. The van der Waals surface area contributed by atoms with Crippen molar-refractivity contribution >= 4 is 11.6 Å². The van der Waals surface area contributed by atoms with Gasteiger partial charge in [0, 0.05) is 19.1 Å². The second-order valence-corrected chi connectivity index (χ2v) is 5.40. The third kappa shape index (κ3) is 3.35. The zero-order chi connectivity index (χ0) is 15.4. The number of hydrogen-bond donors (Lipinski definition) is 2. The molecule has 116 valence electrons. The van der Waals surface area contributed by atoms with Gasteiger partial charge >= 0.3 is 0 Å². The van der Waals surface area contributed by atoms with Gasteiger partial charge in [-0.1, -0.05) is 19.9 Å². The van der Waals surface area contributed by atoms with Crippen LogP contribution in [0.4, 0.5) is 10.1 Å². The maximum Gasteiger partial charge on any atom is 0.242 e. The highest BCUT2D eigenvalue weighted by Crippen LogP contribution is 2.26. The van der Waals surface area contributed by atoms with Gasteiger partial charge in [-0.2, -0.15) is 0 Å². The van der Waals surface area contributed by atoms with Gasteiger partial charge in [0.05, 0.1) is 5.69 Å². The molecule has 1 fully saturated rings. The van der Waals surface area contributed by atoms with Gasteiger partial charge in [0.1, 0.15) is 11.9 Å². The first-order valence-electron chi connectivity index (χ1n) is 7.65. The summed E-state index contributed by atoms with van der Waals surface area (Å²) in [6.07, 6.45) is 0.667. The smallest absolute Gasteiger partial charge is 0.242 e. The van der Waals surface area contributed by atoms with Gasteiger partial charge in [0.25, 0.3) is 0 Å². The summed E-state index contributed by atoms with van der Waals surface area (Å²) in [6, 6.07) is 5.13. The highest BCUT2D eigenvalue weighted by molar-refractivity contribution is 5.86. The van der Waals surface area contributed by atoms with Crippen LogP contribution in [0.15, 0.2) is 18.2 Å². The Morgan fingerprint density at radius 1 is 1.48 bits per heavy atom. The van der Waals surface area contributed by atoms with Gasteiger partial charge in [0.2, 0.25) is 5.91 Å². The molecule has 1 aliphatic heterocycles. The molecule has 1 saturated heterocycles. The van der Waals surface area contributed by atoms with E-state index in [2.05, 4.69) is 10.6 Å². The van der Waals surface area contributed by atoms with Crippen LogP contribution in [0.1, 0.15) is 38.8 Å². The molecule has 21 heavy (non-hydrogen) atoms. The van der Waals surface area contributed by atoms with Crippen molar-refractivity contribution in [2.45, 2.75) is 39.3 Å². The molecule has 2 N–H and O–H groups in total. The number of halogens is 1. The molecule has 1 aromatic rings. The number of nitrogens with one attached hydrogen (secondary N) is 2. The SMILES string of the molecule is CCNC(C)c1ccc(N2CCNC(=O)C2CC)c(F)c1. The van der Waals surface area contributed by atoms with Crippen LogP contribution in [0.5, 0.6) is 0 Å². The molecular weight excluding hydrogens is 269 g/mol. The molecule has 4 nitrogen and oxygen atoms in total. The Morgan fingerprint density at radius 3 is 2.86 bits per heavy atom. The number of rotatable bonds is 5. The molecule has 5 heteroatoms. The number of anilines is 1. The minimum atomic E-state index is -0.287. The number of carbonyl (C=O) groups is 1. The number of benzene rings is 1. The third-order valence-electron chi connectivity index (χ3n) is 4.01. The number of nitrogens with zero attached hydrogens (tertiary/aromatic N) is 1. The molecule has 0 aromatic heterocycles. The lowest BCUT2D eigenvalue weighted by molar-refractivity contribution is -0.123. The van der Waals surface area contributed by atoms with Gasteiger partial charge in [-0.3, -0.25) is 4.79 Å². The van der Waals surface area contributed by atoms with Gasteiger partial charge in [-0.25, -0.2) is 4.39 Å². The Balaban J connectivity index is 2.25. The van der Waals surface area contributed by atoms with E-state index in [1.807, 2.05) is 31.7 Å². The molecular formula is C16H24FN3O. The highest BCUT2D eigenvalue weighted by atomic mass is 19.1. The van der Waals surface area contributed by atoms with Crippen LogP contribution in [0.25, 0.3) is 0 Å². The van der Waals surface area contributed by atoms with Crippen molar-refractivity contribution in [2.24, 2.45) is 0 Å². The molecule has 2 unspecified atom stereocenters. The minimum absolute atomic E-state index is 0.0201. The Bertz CT molecular complexity index is 506. The predicted octanol–water partition coefficient (Wildman–Crippen LogP) is 2.21. The summed E-state index contributed by atoms with van der Waals surface area (Å²) in [4.78, 5) is 13.8. The molecule has 2 rings (SSSR count). The number of piperazine rings is 1. The molecule has 0 aliphatic carbocycles. The Labute approximate surface area is 125 Å². The zero-order valence-corrected chi connectivity index (χ0v) is 12.9. The van der Waals surface area contributed by atoms with E-state index in [4.69, 9.17) is 0 Å². The van der Waals surface area contributed by atoms with E-state index in [9.17, 15) is 9.18 Å². The molecule has 1 aromatic carbocycles. The van der Waals surface area contributed by atoms with E-state index in [-0.39, 0.29) is 23.8 Å². The zero-order valence-electron chi connectivity index (χ0n) is 12.9. The van der Waals surface area contributed by atoms with Crippen LogP contribution in [-0.2, 0) is 4.79 Å². The largest absolute Gasteiger partial charge is 0.355 e. The maximum absolute atomic E-state index is 14.5. The summed E-state index contributed by atoms with van der Waals surface area (Å²) in [5.41, 5.74) is 1.44. The quantitative estimate of drug-likeness (QED) is 0.875. The van der Waals surface area contributed by atoms with Crippen molar-refractivity contribution < 1.29 is 9.18 Å². The summed E-state index contributed by atoms with van der Waals surface area (Å²) < 4.78 is 14.5. The van der Waals surface area contributed by atoms with Crippen LogP contribution < -0.4 is 15.5 Å². The van der Waals surface area contributed by atoms with Gasteiger partial charge in [-0.05, 0) is 37.6 Å². The lowest BCUT2D eigenvalue weighted by Gasteiger charge is -2.36. The van der Waals surface area contributed by atoms with E-state index in [1.165, 1.54) is 0 Å². The Hall–Kier alpha value is -1.62. The first-order valence-corrected chi connectivity index (χ1v) is 7.65.